The Kier molecular flexibility index (Phi) is 2.90. The van der Waals surface area contributed by atoms with E-state index in [-0.39, 0.29) is 0 Å². The molecule has 0 spiro atoms. The van der Waals surface area contributed by atoms with E-state index in [0.717, 1.165) is 0 Å². The second kappa shape index (κ2) is 3.55. The van der Waals surface area contributed by atoms with Crippen LogP contribution in [0.2, 0.25) is 0 Å². The van der Waals surface area contributed by atoms with Crippen molar-refractivity contribution < 1.29 is 0 Å². The lowest BCUT2D eigenvalue weighted by Gasteiger charge is -2.37. The number of nitrogens with zero attached hydrogens (tertiary/aromatic N) is 1. The molecule has 0 aromatic carbocycles. The average Bonchev–Trinajstić information content (AvgIpc) is 1.94. The molecule has 1 aliphatic rings. The van der Waals surface area contributed by atoms with E-state index in [0.29, 0.717) is 18.0 Å². The molecule has 0 radical (unpaired) electrons. The molecule has 11 heavy (non-hydrogen) atoms. The van der Waals surface area contributed by atoms with Crippen LogP contribution < -0.4 is 5.73 Å². The number of rotatable bonds is 1. The van der Waals surface area contributed by atoms with Crippen LogP contribution in [-0.2, 0) is 0 Å². The van der Waals surface area contributed by atoms with Gasteiger partial charge in [0.2, 0.25) is 0 Å². The molecule has 2 atom stereocenters. The van der Waals surface area contributed by atoms with Crippen molar-refractivity contribution in [2.75, 3.05) is 13.1 Å². The molecule has 0 aromatic heterocycles. The van der Waals surface area contributed by atoms with Gasteiger partial charge in [0.1, 0.15) is 0 Å². The van der Waals surface area contributed by atoms with Crippen molar-refractivity contribution in [3.63, 3.8) is 0 Å². The maximum absolute atomic E-state index is 5.91. The molecule has 0 saturated carbocycles. The Bertz CT molecular complexity index is 123. The lowest BCUT2D eigenvalue weighted by molar-refractivity contribution is 0.132. The van der Waals surface area contributed by atoms with Crippen LogP contribution in [0.25, 0.3) is 0 Å². The topological polar surface area (TPSA) is 29.3 Å². The first-order valence-corrected chi connectivity index (χ1v) is 4.61. The standard InChI is InChI=1S/C9H20N2/c1-7(2)11-5-4-9(10)8(3)6-11/h7-9H,4-6,10H2,1-3H3/t8-,9+/m0/s1. The van der Waals surface area contributed by atoms with Crippen LogP contribution >= 0.6 is 0 Å². The van der Waals surface area contributed by atoms with Crippen molar-refractivity contribution in [2.24, 2.45) is 11.7 Å². The molecule has 0 amide bonds. The molecule has 2 nitrogen and oxygen atoms in total. The Balaban J connectivity index is 2.40. The molecular weight excluding hydrogens is 136 g/mol. The fourth-order valence-electron chi connectivity index (χ4n) is 1.67. The normalized spacial score (nSPS) is 34.6. The minimum Gasteiger partial charge on any atom is -0.327 e. The summed E-state index contributed by atoms with van der Waals surface area (Å²) in [6.45, 7) is 9.12. The minimum atomic E-state index is 0.435. The first kappa shape index (κ1) is 9.01. The first-order chi connectivity index (χ1) is 5.11. The van der Waals surface area contributed by atoms with E-state index in [2.05, 4.69) is 25.7 Å². The van der Waals surface area contributed by atoms with Gasteiger partial charge in [0, 0.05) is 18.6 Å². The van der Waals surface area contributed by atoms with E-state index >= 15 is 0 Å². The summed E-state index contributed by atoms with van der Waals surface area (Å²) in [5.74, 6) is 0.672. The number of piperidine rings is 1. The van der Waals surface area contributed by atoms with E-state index < -0.39 is 0 Å². The molecule has 0 unspecified atom stereocenters. The van der Waals surface area contributed by atoms with E-state index in [4.69, 9.17) is 5.73 Å². The summed E-state index contributed by atoms with van der Waals surface area (Å²) in [6.07, 6.45) is 1.17. The summed E-state index contributed by atoms with van der Waals surface area (Å²) in [6, 6.07) is 1.12. The molecular formula is C9H20N2. The first-order valence-electron chi connectivity index (χ1n) is 4.61. The molecule has 1 fully saturated rings. The van der Waals surface area contributed by atoms with Gasteiger partial charge in [0.25, 0.3) is 0 Å². The number of nitrogens with two attached hydrogens (primary N) is 1. The average molecular weight is 156 g/mol. The second-order valence-electron chi connectivity index (χ2n) is 4.02. The van der Waals surface area contributed by atoms with Gasteiger partial charge in [-0.3, -0.25) is 0 Å². The molecule has 1 saturated heterocycles. The summed E-state index contributed by atoms with van der Waals surface area (Å²) in [4.78, 5) is 2.51. The largest absolute Gasteiger partial charge is 0.327 e. The Labute approximate surface area is 69.8 Å². The predicted octanol–water partition coefficient (Wildman–Crippen LogP) is 1.06. The SMILES string of the molecule is CC(C)N1CC[C@@H](N)[C@@H](C)C1. The summed E-state index contributed by atoms with van der Waals surface area (Å²) in [7, 11) is 0. The Morgan fingerprint density at radius 2 is 2.09 bits per heavy atom. The number of hydrogen-bond donors (Lipinski definition) is 1. The Hall–Kier alpha value is -0.0800. The van der Waals surface area contributed by atoms with E-state index in [1.165, 1.54) is 19.5 Å². The smallest absolute Gasteiger partial charge is 0.00889 e. The highest BCUT2D eigenvalue weighted by atomic mass is 15.2. The zero-order valence-electron chi connectivity index (χ0n) is 7.88. The van der Waals surface area contributed by atoms with Gasteiger partial charge < -0.3 is 10.6 Å². The molecule has 2 heteroatoms. The fourth-order valence-corrected chi connectivity index (χ4v) is 1.67. The highest BCUT2D eigenvalue weighted by Gasteiger charge is 2.23. The van der Waals surface area contributed by atoms with Gasteiger partial charge in [0.15, 0.2) is 0 Å². The maximum Gasteiger partial charge on any atom is 0.00889 e. The molecule has 0 bridgehead atoms. The van der Waals surface area contributed by atoms with Crippen molar-refractivity contribution in [1.82, 2.24) is 4.90 Å². The van der Waals surface area contributed by atoms with Crippen molar-refractivity contribution in [1.29, 1.82) is 0 Å². The number of hydrogen-bond acceptors (Lipinski definition) is 2. The maximum atomic E-state index is 5.91. The van der Waals surface area contributed by atoms with Crippen LogP contribution in [0.3, 0.4) is 0 Å². The molecule has 1 heterocycles. The lowest BCUT2D eigenvalue weighted by Crippen LogP contribution is -2.48. The van der Waals surface area contributed by atoms with Crippen LogP contribution in [0, 0.1) is 5.92 Å². The molecule has 0 aliphatic carbocycles. The van der Waals surface area contributed by atoms with Crippen molar-refractivity contribution >= 4 is 0 Å². The van der Waals surface area contributed by atoms with Crippen LogP contribution in [-0.4, -0.2) is 30.1 Å². The van der Waals surface area contributed by atoms with Gasteiger partial charge in [-0.15, -0.1) is 0 Å². The fraction of sp³-hybridized carbons (Fsp3) is 1.00. The summed E-state index contributed by atoms with van der Waals surface area (Å²) in [5, 5.41) is 0. The van der Waals surface area contributed by atoms with Gasteiger partial charge in [-0.25, -0.2) is 0 Å². The van der Waals surface area contributed by atoms with E-state index in [1.807, 2.05) is 0 Å². The predicted molar refractivity (Wildman–Crippen MR) is 48.5 cm³/mol. The molecule has 66 valence electrons. The van der Waals surface area contributed by atoms with Crippen molar-refractivity contribution in [3.8, 4) is 0 Å². The zero-order valence-corrected chi connectivity index (χ0v) is 7.88. The third kappa shape index (κ3) is 2.17. The van der Waals surface area contributed by atoms with Crippen LogP contribution in [0.15, 0.2) is 0 Å². The molecule has 0 aromatic rings. The van der Waals surface area contributed by atoms with Gasteiger partial charge in [-0.2, -0.15) is 0 Å². The highest BCUT2D eigenvalue weighted by Crippen LogP contribution is 2.16. The van der Waals surface area contributed by atoms with Gasteiger partial charge in [-0.1, -0.05) is 6.92 Å². The van der Waals surface area contributed by atoms with Crippen molar-refractivity contribution in [2.45, 2.75) is 39.3 Å². The van der Waals surface area contributed by atoms with Crippen LogP contribution in [0.1, 0.15) is 27.2 Å². The Morgan fingerprint density at radius 3 is 2.55 bits per heavy atom. The summed E-state index contributed by atoms with van der Waals surface area (Å²) >= 11 is 0. The van der Waals surface area contributed by atoms with E-state index in [9.17, 15) is 0 Å². The van der Waals surface area contributed by atoms with Crippen LogP contribution in [0.5, 0.6) is 0 Å². The minimum absolute atomic E-state index is 0.435. The molecule has 1 aliphatic heterocycles. The third-order valence-electron chi connectivity index (χ3n) is 2.73. The highest BCUT2D eigenvalue weighted by molar-refractivity contribution is 4.81. The van der Waals surface area contributed by atoms with Gasteiger partial charge >= 0.3 is 0 Å². The van der Waals surface area contributed by atoms with E-state index in [1.54, 1.807) is 0 Å². The van der Waals surface area contributed by atoms with Crippen molar-refractivity contribution in [3.05, 3.63) is 0 Å². The summed E-state index contributed by atoms with van der Waals surface area (Å²) < 4.78 is 0. The molecule has 2 N–H and O–H groups in total. The van der Waals surface area contributed by atoms with Crippen LogP contribution in [0.4, 0.5) is 0 Å². The Morgan fingerprint density at radius 1 is 1.45 bits per heavy atom. The quantitative estimate of drug-likeness (QED) is 0.615. The monoisotopic (exact) mass is 156 g/mol. The lowest BCUT2D eigenvalue weighted by atomic mass is 9.94. The molecule has 1 rings (SSSR count). The second-order valence-corrected chi connectivity index (χ2v) is 4.02. The van der Waals surface area contributed by atoms with Gasteiger partial charge in [-0.05, 0) is 32.7 Å². The summed E-state index contributed by atoms with van der Waals surface area (Å²) in [5.41, 5.74) is 5.91. The zero-order chi connectivity index (χ0) is 8.43. The number of likely N-dealkylation sites (tertiary alicyclic amines) is 1. The third-order valence-corrected chi connectivity index (χ3v) is 2.73. The van der Waals surface area contributed by atoms with Gasteiger partial charge in [0.05, 0.1) is 0 Å².